The Labute approximate surface area is 125 Å². The lowest BCUT2D eigenvalue weighted by atomic mass is 10.2. The lowest BCUT2D eigenvalue weighted by Gasteiger charge is -2.15. The molecule has 2 N–H and O–H groups in total. The number of ether oxygens (including phenoxy) is 1. The molecule has 9 nitrogen and oxygen atoms in total. The van der Waals surface area contributed by atoms with E-state index in [1.807, 2.05) is 0 Å². The van der Waals surface area contributed by atoms with Crippen molar-refractivity contribution in [3.05, 3.63) is 40.1 Å². The minimum atomic E-state index is -0.661. The SMILES string of the molecule is CN(C)c1cc(Oc2nc(N)ncc2[N+](=O)[O-])ccc1C#N. The van der Waals surface area contributed by atoms with Gasteiger partial charge in [-0.15, -0.1) is 0 Å². The summed E-state index contributed by atoms with van der Waals surface area (Å²) < 4.78 is 5.43. The predicted molar refractivity (Wildman–Crippen MR) is 78.7 cm³/mol. The van der Waals surface area contributed by atoms with Gasteiger partial charge in [0.15, 0.2) is 0 Å². The molecule has 112 valence electrons. The lowest BCUT2D eigenvalue weighted by Crippen LogP contribution is -2.10. The van der Waals surface area contributed by atoms with Crippen LogP contribution in [-0.4, -0.2) is 29.0 Å². The summed E-state index contributed by atoms with van der Waals surface area (Å²) in [6, 6.07) is 6.72. The fraction of sp³-hybridized carbons (Fsp3) is 0.154. The molecule has 0 saturated carbocycles. The summed E-state index contributed by atoms with van der Waals surface area (Å²) in [6.45, 7) is 0. The van der Waals surface area contributed by atoms with Gasteiger partial charge in [-0.25, -0.2) is 4.98 Å². The fourth-order valence-electron chi connectivity index (χ4n) is 1.72. The van der Waals surface area contributed by atoms with Gasteiger partial charge >= 0.3 is 11.6 Å². The number of hydrogen-bond acceptors (Lipinski definition) is 8. The minimum Gasteiger partial charge on any atom is -0.433 e. The van der Waals surface area contributed by atoms with Gasteiger partial charge in [-0.1, -0.05) is 0 Å². The number of nitrogens with two attached hydrogens (primary N) is 1. The highest BCUT2D eigenvalue weighted by Crippen LogP contribution is 2.31. The largest absolute Gasteiger partial charge is 0.433 e. The van der Waals surface area contributed by atoms with Crippen LogP contribution in [0, 0.1) is 21.4 Å². The molecule has 0 radical (unpaired) electrons. The molecule has 22 heavy (non-hydrogen) atoms. The van der Waals surface area contributed by atoms with Crippen LogP contribution in [0.5, 0.6) is 11.6 Å². The Morgan fingerprint density at radius 1 is 1.45 bits per heavy atom. The zero-order valence-corrected chi connectivity index (χ0v) is 11.8. The summed E-state index contributed by atoms with van der Waals surface area (Å²) in [4.78, 5) is 19.3. The van der Waals surface area contributed by atoms with Gasteiger partial charge in [0.1, 0.15) is 18.0 Å². The van der Waals surface area contributed by atoms with Crippen LogP contribution in [0.2, 0.25) is 0 Å². The van der Waals surface area contributed by atoms with Gasteiger partial charge in [0.05, 0.1) is 16.2 Å². The second kappa shape index (κ2) is 5.92. The van der Waals surface area contributed by atoms with Gasteiger partial charge in [-0.2, -0.15) is 10.2 Å². The average molecular weight is 300 g/mol. The first-order valence-corrected chi connectivity index (χ1v) is 6.08. The zero-order chi connectivity index (χ0) is 16.3. The molecule has 1 aromatic heterocycles. The molecule has 0 amide bonds. The number of benzene rings is 1. The number of nitriles is 1. The van der Waals surface area contributed by atoms with Gasteiger partial charge in [0.25, 0.3) is 0 Å². The highest BCUT2D eigenvalue weighted by atomic mass is 16.6. The maximum Gasteiger partial charge on any atom is 0.349 e. The Bertz CT molecular complexity index is 769. The van der Waals surface area contributed by atoms with E-state index >= 15 is 0 Å². The van der Waals surface area contributed by atoms with Crippen molar-refractivity contribution in [2.45, 2.75) is 0 Å². The Morgan fingerprint density at radius 3 is 2.77 bits per heavy atom. The first-order valence-electron chi connectivity index (χ1n) is 6.08. The third kappa shape index (κ3) is 3.01. The first-order chi connectivity index (χ1) is 10.4. The van der Waals surface area contributed by atoms with Crippen molar-refractivity contribution in [3.8, 4) is 17.7 Å². The molecule has 9 heteroatoms. The van der Waals surface area contributed by atoms with Crippen LogP contribution in [-0.2, 0) is 0 Å². The summed E-state index contributed by atoms with van der Waals surface area (Å²) in [5.74, 6) is -0.0992. The molecule has 0 unspecified atom stereocenters. The summed E-state index contributed by atoms with van der Waals surface area (Å²) in [7, 11) is 3.54. The molecule has 1 aromatic carbocycles. The Kier molecular flexibility index (Phi) is 4.04. The molecule has 1 heterocycles. The van der Waals surface area contributed by atoms with E-state index in [4.69, 9.17) is 15.7 Å². The highest BCUT2D eigenvalue weighted by Gasteiger charge is 2.19. The second-order valence-electron chi connectivity index (χ2n) is 4.46. The molecule has 0 aliphatic carbocycles. The Hall–Kier alpha value is -3.41. The van der Waals surface area contributed by atoms with Crippen LogP contribution in [0.4, 0.5) is 17.3 Å². The molecule has 0 atom stereocenters. The number of hydrogen-bond donors (Lipinski definition) is 1. The molecule has 2 rings (SSSR count). The molecule has 0 saturated heterocycles. The molecular formula is C13H12N6O3. The van der Waals surface area contributed by atoms with Gasteiger partial charge in [-0.05, 0) is 12.1 Å². The summed E-state index contributed by atoms with van der Waals surface area (Å²) in [5.41, 5.74) is 6.10. The van der Waals surface area contributed by atoms with Crippen LogP contribution in [0.1, 0.15) is 5.56 Å². The molecule has 0 aliphatic heterocycles. The fourth-order valence-corrected chi connectivity index (χ4v) is 1.72. The van der Waals surface area contributed by atoms with Crippen molar-refractivity contribution < 1.29 is 9.66 Å². The quantitative estimate of drug-likeness (QED) is 0.666. The number of nitrogen functional groups attached to an aromatic ring is 1. The van der Waals surface area contributed by atoms with Crippen molar-refractivity contribution in [2.24, 2.45) is 0 Å². The predicted octanol–water partition coefficient (Wildman–Crippen LogP) is 1.70. The second-order valence-corrected chi connectivity index (χ2v) is 4.46. The van der Waals surface area contributed by atoms with E-state index in [0.29, 0.717) is 17.0 Å². The van der Waals surface area contributed by atoms with Crippen LogP contribution >= 0.6 is 0 Å². The van der Waals surface area contributed by atoms with Crippen molar-refractivity contribution in [1.29, 1.82) is 5.26 Å². The number of nitro groups is 1. The normalized spacial score (nSPS) is 9.86. The number of aromatic nitrogens is 2. The third-order valence-corrected chi connectivity index (χ3v) is 2.74. The maximum absolute atomic E-state index is 11.0. The van der Waals surface area contributed by atoms with E-state index in [-0.39, 0.29) is 11.8 Å². The van der Waals surface area contributed by atoms with Crippen LogP contribution in [0.3, 0.4) is 0 Å². The summed E-state index contributed by atoms with van der Waals surface area (Å²) >= 11 is 0. The Morgan fingerprint density at radius 2 is 2.18 bits per heavy atom. The van der Waals surface area contributed by atoms with Gasteiger partial charge in [-0.3, -0.25) is 10.1 Å². The topological polar surface area (TPSA) is 131 Å². The van der Waals surface area contributed by atoms with E-state index in [1.165, 1.54) is 6.07 Å². The van der Waals surface area contributed by atoms with E-state index < -0.39 is 10.6 Å². The van der Waals surface area contributed by atoms with Gasteiger partial charge < -0.3 is 15.4 Å². The molecule has 2 aromatic rings. The first kappa shape index (κ1) is 15.0. The zero-order valence-electron chi connectivity index (χ0n) is 11.8. The van der Waals surface area contributed by atoms with Gasteiger partial charge in [0.2, 0.25) is 5.95 Å². The monoisotopic (exact) mass is 300 g/mol. The number of anilines is 2. The highest BCUT2D eigenvalue weighted by molar-refractivity contribution is 5.62. The number of nitrogens with zero attached hydrogens (tertiary/aromatic N) is 5. The van der Waals surface area contributed by atoms with Crippen molar-refractivity contribution >= 4 is 17.3 Å². The van der Waals surface area contributed by atoms with Crippen molar-refractivity contribution in [3.63, 3.8) is 0 Å². The van der Waals surface area contributed by atoms with Crippen molar-refractivity contribution in [2.75, 3.05) is 24.7 Å². The van der Waals surface area contributed by atoms with Crippen LogP contribution in [0.15, 0.2) is 24.4 Å². The van der Waals surface area contributed by atoms with E-state index in [0.717, 1.165) is 6.20 Å². The molecule has 0 spiro atoms. The average Bonchev–Trinajstić information content (AvgIpc) is 2.46. The molecule has 0 bridgehead atoms. The standard InChI is InChI=1S/C13H12N6O3/c1-18(2)10-5-9(4-3-8(10)6-14)22-12-11(19(20)21)7-16-13(15)17-12/h3-5,7H,1-2H3,(H2,15,16,17). The van der Waals surface area contributed by atoms with Crippen molar-refractivity contribution in [1.82, 2.24) is 9.97 Å². The summed E-state index contributed by atoms with van der Waals surface area (Å²) in [6.07, 6.45) is 0.980. The minimum absolute atomic E-state index is 0.137. The van der Waals surface area contributed by atoms with E-state index in [1.54, 1.807) is 31.1 Å². The van der Waals surface area contributed by atoms with E-state index in [9.17, 15) is 10.1 Å². The smallest absolute Gasteiger partial charge is 0.349 e. The van der Waals surface area contributed by atoms with Gasteiger partial charge in [0, 0.05) is 20.2 Å². The third-order valence-electron chi connectivity index (χ3n) is 2.74. The van der Waals surface area contributed by atoms with E-state index in [2.05, 4.69) is 16.0 Å². The Balaban J connectivity index is 2.44. The maximum atomic E-state index is 11.0. The molecule has 0 fully saturated rings. The summed E-state index contributed by atoms with van der Waals surface area (Å²) in [5, 5.41) is 20.0. The van der Waals surface area contributed by atoms with Crippen LogP contribution in [0.25, 0.3) is 0 Å². The molecule has 0 aliphatic rings. The number of rotatable bonds is 4. The molecular weight excluding hydrogens is 288 g/mol. The van der Waals surface area contributed by atoms with Crippen LogP contribution < -0.4 is 15.4 Å². The lowest BCUT2D eigenvalue weighted by molar-refractivity contribution is -0.386.